The number of anilines is 2. The lowest BCUT2D eigenvalue weighted by Crippen LogP contribution is -2.21. The van der Waals surface area contributed by atoms with Crippen LogP contribution in [0.3, 0.4) is 0 Å². The lowest BCUT2D eigenvalue weighted by atomic mass is 10.2. The van der Waals surface area contributed by atoms with Crippen molar-refractivity contribution in [1.82, 2.24) is 9.38 Å². The van der Waals surface area contributed by atoms with E-state index in [-0.39, 0.29) is 16.9 Å². The van der Waals surface area contributed by atoms with Gasteiger partial charge in [-0.25, -0.2) is 4.98 Å². The molecule has 118 valence electrons. The third-order valence-electron chi connectivity index (χ3n) is 3.38. The van der Waals surface area contributed by atoms with E-state index in [1.165, 1.54) is 11.5 Å². The third kappa shape index (κ3) is 2.99. The number of ether oxygens (including phenoxy) is 1. The molecule has 1 aromatic carbocycles. The fourth-order valence-corrected chi connectivity index (χ4v) is 2.42. The molecule has 2 aromatic heterocycles. The van der Waals surface area contributed by atoms with E-state index in [4.69, 9.17) is 16.3 Å². The van der Waals surface area contributed by atoms with Crippen LogP contribution in [0.25, 0.3) is 5.65 Å². The molecule has 7 heteroatoms. The van der Waals surface area contributed by atoms with Gasteiger partial charge in [0, 0.05) is 23.0 Å². The molecule has 0 bridgehead atoms. The first-order valence-electron chi connectivity index (χ1n) is 6.85. The van der Waals surface area contributed by atoms with Gasteiger partial charge >= 0.3 is 0 Å². The van der Waals surface area contributed by atoms with Crippen LogP contribution in [0.4, 0.5) is 11.5 Å². The van der Waals surface area contributed by atoms with E-state index in [1.54, 1.807) is 42.6 Å². The van der Waals surface area contributed by atoms with Crippen LogP contribution < -0.4 is 15.6 Å². The van der Waals surface area contributed by atoms with Crippen molar-refractivity contribution >= 4 is 28.8 Å². The van der Waals surface area contributed by atoms with Gasteiger partial charge in [-0.1, -0.05) is 17.7 Å². The van der Waals surface area contributed by atoms with Crippen molar-refractivity contribution in [3.05, 3.63) is 63.5 Å². The first-order valence-corrected chi connectivity index (χ1v) is 7.23. The van der Waals surface area contributed by atoms with Crippen LogP contribution in [0.1, 0.15) is 5.56 Å². The number of fused-ring (bicyclic) bond motifs is 1. The second-order valence-electron chi connectivity index (χ2n) is 4.83. The van der Waals surface area contributed by atoms with E-state index in [0.717, 1.165) is 0 Å². The lowest BCUT2D eigenvalue weighted by molar-refractivity contribution is 0.280. The summed E-state index contributed by atoms with van der Waals surface area (Å²) in [5.74, 6) is 0.871. The van der Waals surface area contributed by atoms with Gasteiger partial charge in [-0.2, -0.15) is 0 Å². The zero-order valence-corrected chi connectivity index (χ0v) is 13.0. The molecule has 0 spiro atoms. The van der Waals surface area contributed by atoms with Gasteiger partial charge in [0.15, 0.2) is 0 Å². The molecular formula is C16H14ClN3O3. The van der Waals surface area contributed by atoms with Gasteiger partial charge in [-0.15, -0.1) is 0 Å². The van der Waals surface area contributed by atoms with E-state index in [1.807, 2.05) is 0 Å². The van der Waals surface area contributed by atoms with Crippen LogP contribution in [0.2, 0.25) is 5.02 Å². The van der Waals surface area contributed by atoms with Crippen LogP contribution in [0.5, 0.6) is 5.75 Å². The van der Waals surface area contributed by atoms with Gasteiger partial charge in [-0.3, -0.25) is 9.20 Å². The fraction of sp³-hybridized carbons (Fsp3) is 0.125. The molecule has 3 rings (SSSR count). The molecule has 23 heavy (non-hydrogen) atoms. The summed E-state index contributed by atoms with van der Waals surface area (Å²) in [6.07, 6.45) is 1.56. The molecule has 0 aliphatic rings. The molecule has 2 heterocycles. The lowest BCUT2D eigenvalue weighted by Gasteiger charge is -2.12. The van der Waals surface area contributed by atoms with Crippen LogP contribution in [-0.4, -0.2) is 21.6 Å². The highest BCUT2D eigenvalue weighted by Gasteiger charge is 2.13. The smallest absolute Gasteiger partial charge is 0.265 e. The maximum atomic E-state index is 12.5. The van der Waals surface area contributed by atoms with Gasteiger partial charge in [0.2, 0.25) is 0 Å². The Morgan fingerprint density at radius 1 is 1.35 bits per heavy atom. The minimum Gasteiger partial charge on any atom is -0.497 e. The number of nitrogens with zero attached hydrogens (tertiary/aromatic N) is 2. The van der Waals surface area contributed by atoms with Crippen LogP contribution in [0, 0.1) is 0 Å². The number of pyridine rings is 1. The third-order valence-corrected chi connectivity index (χ3v) is 3.61. The van der Waals surface area contributed by atoms with Crippen molar-refractivity contribution < 1.29 is 9.84 Å². The number of halogens is 1. The second kappa shape index (κ2) is 6.28. The Balaban J connectivity index is 2.16. The number of nitrogens with one attached hydrogen (secondary N) is 1. The maximum Gasteiger partial charge on any atom is 0.265 e. The van der Waals surface area contributed by atoms with E-state index < -0.39 is 6.61 Å². The first-order chi connectivity index (χ1) is 11.1. The Labute approximate surface area is 136 Å². The summed E-state index contributed by atoms with van der Waals surface area (Å²) < 4.78 is 6.51. The molecule has 0 aliphatic heterocycles. The highest BCUT2D eigenvalue weighted by Crippen LogP contribution is 2.21. The molecular weight excluding hydrogens is 318 g/mol. The van der Waals surface area contributed by atoms with Gasteiger partial charge in [-0.05, 0) is 24.3 Å². The number of aliphatic hydroxyl groups excluding tert-OH is 1. The summed E-state index contributed by atoms with van der Waals surface area (Å²) >= 11 is 5.96. The van der Waals surface area contributed by atoms with Crippen molar-refractivity contribution in [3.8, 4) is 5.75 Å². The monoisotopic (exact) mass is 331 g/mol. The van der Waals surface area contributed by atoms with E-state index >= 15 is 0 Å². The molecule has 0 saturated carbocycles. The van der Waals surface area contributed by atoms with Crippen molar-refractivity contribution in [3.63, 3.8) is 0 Å². The summed E-state index contributed by atoms with van der Waals surface area (Å²) in [7, 11) is 1.54. The van der Waals surface area contributed by atoms with Crippen LogP contribution >= 0.6 is 11.6 Å². The fourth-order valence-electron chi connectivity index (χ4n) is 2.23. The Morgan fingerprint density at radius 3 is 2.87 bits per heavy atom. The normalized spacial score (nSPS) is 10.7. The van der Waals surface area contributed by atoms with E-state index in [0.29, 0.717) is 22.1 Å². The SMILES string of the molecule is COc1ccn2c(=O)c(CO)c(Nc3cccc(Cl)c3)nc2c1. The van der Waals surface area contributed by atoms with Gasteiger partial charge in [0.1, 0.15) is 17.2 Å². The zero-order valence-electron chi connectivity index (χ0n) is 12.3. The molecule has 0 aliphatic carbocycles. The Bertz CT molecular complexity index is 924. The molecule has 0 atom stereocenters. The quantitative estimate of drug-likeness (QED) is 0.768. The molecule has 0 saturated heterocycles. The standard InChI is InChI=1S/C16H14ClN3O3/c1-23-12-5-6-20-14(8-12)19-15(13(9-21)16(20)22)18-11-4-2-3-10(17)7-11/h2-8,18,21H,9H2,1H3. The first kappa shape index (κ1) is 15.3. The molecule has 0 unspecified atom stereocenters. The molecule has 2 N–H and O–H groups in total. The van der Waals surface area contributed by atoms with Crippen molar-refractivity contribution in [1.29, 1.82) is 0 Å². The molecule has 0 radical (unpaired) electrons. The largest absolute Gasteiger partial charge is 0.497 e. The van der Waals surface area contributed by atoms with Crippen LogP contribution in [0.15, 0.2) is 47.4 Å². The topological polar surface area (TPSA) is 75.9 Å². The Kier molecular flexibility index (Phi) is 4.18. The summed E-state index contributed by atoms with van der Waals surface area (Å²) in [6, 6.07) is 10.3. The molecule has 0 fully saturated rings. The Hall–Kier alpha value is -2.57. The number of aromatic nitrogens is 2. The van der Waals surface area contributed by atoms with Crippen molar-refractivity contribution in [2.75, 3.05) is 12.4 Å². The van der Waals surface area contributed by atoms with E-state index in [2.05, 4.69) is 10.3 Å². The Morgan fingerprint density at radius 2 is 2.17 bits per heavy atom. The van der Waals surface area contributed by atoms with Crippen molar-refractivity contribution in [2.45, 2.75) is 6.61 Å². The van der Waals surface area contributed by atoms with Gasteiger partial charge in [0.25, 0.3) is 5.56 Å². The highest BCUT2D eigenvalue weighted by atomic mass is 35.5. The molecule has 6 nitrogen and oxygen atoms in total. The average molecular weight is 332 g/mol. The molecule has 0 amide bonds. The summed E-state index contributed by atoms with van der Waals surface area (Å²) in [4.78, 5) is 16.9. The van der Waals surface area contributed by atoms with Gasteiger partial charge < -0.3 is 15.2 Å². The summed E-state index contributed by atoms with van der Waals surface area (Å²) in [5, 5.41) is 13.1. The predicted molar refractivity (Wildman–Crippen MR) is 88.7 cm³/mol. The number of hydrogen-bond acceptors (Lipinski definition) is 5. The number of benzene rings is 1. The van der Waals surface area contributed by atoms with Crippen LogP contribution in [-0.2, 0) is 6.61 Å². The highest BCUT2D eigenvalue weighted by molar-refractivity contribution is 6.30. The summed E-state index contributed by atoms with van der Waals surface area (Å²) in [5.41, 5.74) is 0.916. The average Bonchev–Trinajstić information content (AvgIpc) is 2.54. The predicted octanol–water partition coefficient (Wildman–Crippen LogP) is 2.59. The minimum absolute atomic E-state index is 0.174. The number of aliphatic hydroxyl groups is 1. The van der Waals surface area contributed by atoms with Gasteiger partial charge in [0.05, 0.1) is 19.3 Å². The maximum absolute atomic E-state index is 12.5. The van der Waals surface area contributed by atoms with E-state index in [9.17, 15) is 9.90 Å². The molecule has 3 aromatic rings. The zero-order chi connectivity index (χ0) is 16.4. The second-order valence-corrected chi connectivity index (χ2v) is 5.27. The van der Waals surface area contributed by atoms with Crippen molar-refractivity contribution in [2.24, 2.45) is 0 Å². The number of hydrogen-bond donors (Lipinski definition) is 2. The number of methoxy groups -OCH3 is 1. The number of rotatable bonds is 4. The summed E-state index contributed by atoms with van der Waals surface area (Å²) in [6.45, 7) is -0.427. The minimum atomic E-state index is -0.427.